The lowest BCUT2D eigenvalue weighted by atomic mass is 9.95. The number of hydrogen-bond acceptors (Lipinski definition) is 3. The quantitative estimate of drug-likeness (QED) is 0.835. The van der Waals surface area contributed by atoms with E-state index in [1.807, 2.05) is 25.1 Å². The molecule has 1 saturated heterocycles. The summed E-state index contributed by atoms with van der Waals surface area (Å²) in [7, 11) is 0. The highest BCUT2D eigenvalue weighted by atomic mass is 16.2. The second kappa shape index (κ2) is 6.64. The van der Waals surface area contributed by atoms with E-state index in [9.17, 15) is 14.4 Å². The minimum atomic E-state index is -1.40. The monoisotopic (exact) mass is 375 g/mol. The molecule has 2 aromatic carbocycles. The molecule has 1 atom stereocenters. The van der Waals surface area contributed by atoms with Crippen molar-refractivity contribution >= 4 is 29.1 Å². The number of benzene rings is 2. The molecule has 0 saturated carbocycles. The third kappa shape index (κ3) is 2.52. The van der Waals surface area contributed by atoms with E-state index in [4.69, 9.17) is 0 Å². The molecule has 1 fully saturated rings. The van der Waals surface area contributed by atoms with Crippen LogP contribution in [0.1, 0.15) is 28.8 Å². The van der Waals surface area contributed by atoms with Crippen molar-refractivity contribution in [3.8, 4) is 0 Å². The van der Waals surface area contributed by atoms with Crippen LogP contribution >= 0.6 is 0 Å². The van der Waals surface area contributed by atoms with Gasteiger partial charge in [0.25, 0.3) is 11.8 Å². The van der Waals surface area contributed by atoms with Crippen LogP contribution < -0.4 is 10.2 Å². The highest BCUT2D eigenvalue weighted by Gasteiger charge is 2.60. The molecule has 0 spiro atoms. The van der Waals surface area contributed by atoms with Crippen molar-refractivity contribution < 1.29 is 14.4 Å². The first-order chi connectivity index (χ1) is 13.5. The SMILES string of the molecule is C=CCN1C(=O)c2ccccc2N2C(=O)CC[C@]12C(=O)Nc1cccc(C)c1. The summed E-state index contributed by atoms with van der Waals surface area (Å²) in [6.45, 7) is 5.83. The van der Waals surface area contributed by atoms with Gasteiger partial charge in [0.2, 0.25) is 11.6 Å². The number of anilines is 2. The van der Waals surface area contributed by atoms with E-state index in [1.54, 1.807) is 36.4 Å². The molecular formula is C22H21N3O3. The summed E-state index contributed by atoms with van der Waals surface area (Å²) in [6.07, 6.45) is 2.00. The van der Waals surface area contributed by atoms with Crippen LogP contribution in [0, 0.1) is 6.92 Å². The minimum absolute atomic E-state index is 0.165. The lowest BCUT2D eigenvalue weighted by Crippen LogP contribution is -2.69. The van der Waals surface area contributed by atoms with Crippen LogP contribution in [0.25, 0.3) is 0 Å². The zero-order valence-electron chi connectivity index (χ0n) is 15.6. The van der Waals surface area contributed by atoms with E-state index in [-0.39, 0.29) is 31.2 Å². The molecule has 2 heterocycles. The van der Waals surface area contributed by atoms with E-state index in [0.717, 1.165) is 5.56 Å². The van der Waals surface area contributed by atoms with Crippen molar-refractivity contribution in [2.24, 2.45) is 0 Å². The lowest BCUT2D eigenvalue weighted by Gasteiger charge is -2.48. The van der Waals surface area contributed by atoms with Gasteiger partial charge < -0.3 is 10.2 Å². The van der Waals surface area contributed by atoms with Crippen LogP contribution in [-0.4, -0.2) is 34.8 Å². The van der Waals surface area contributed by atoms with E-state index in [1.165, 1.54) is 9.80 Å². The number of carbonyl (C=O) groups is 3. The number of fused-ring (bicyclic) bond motifs is 3. The number of nitrogens with one attached hydrogen (secondary N) is 1. The van der Waals surface area contributed by atoms with Crippen molar-refractivity contribution in [3.63, 3.8) is 0 Å². The fourth-order valence-corrected chi connectivity index (χ4v) is 4.12. The Morgan fingerprint density at radius 3 is 2.75 bits per heavy atom. The second-order valence-electron chi connectivity index (χ2n) is 7.09. The molecule has 28 heavy (non-hydrogen) atoms. The molecule has 0 bridgehead atoms. The molecule has 4 rings (SSSR count). The van der Waals surface area contributed by atoms with Crippen LogP contribution in [0.15, 0.2) is 61.2 Å². The number of rotatable bonds is 4. The van der Waals surface area contributed by atoms with Gasteiger partial charge in [-0.25, -0.2) is 0 Å². The Labute approximate surface area is 163 Å². The Bertz CT molecular complexity index is 1000. The van der Waals surface area contributed by atoms with Gasteiger partial charge in [0, 0.05) is 25.1 Å². The maximum Gasteiger partial charge on any atom is 0.271 e. The molecule has 1 N–H and O–H groups in total. The van der Waals surface area contributed by atoms with Crippen molar-refractivity contribution in [2.75, 3.05) is 16.8 Å². The zero-order valence-corrected chi connectivity index (χ0v) is 15.6. The Morgan fingerprint density at radius 1 is 1.21 bits per heavy atom. The molecule has 0 aliphatic carbocycles. The van der Waals surface area contributed by atoms with Crippen molar-refractivity contribution in [2.45, 2.75) is 25.4 Å². The summed E-state index contributed by atoms with van der Waals surface area (Å²) in [5, 5.41) is 2.91. The van der Waals surface area contributed by atoms with Gasteiger partial charge >= 0.3 is 0 Å². The van der Waals surface area contributed by atoms with Gasteiger partial charge in [-0.3, -0.25) is 19.3 Å². The summed E-state index contributed by atoms with van der Waals surface area (Å²) in [4.78, 5) is 42.5. The van der Waals surface area contributed by atoms with Gasteiger partial charge in [0.15, 0.2) is 0 Å². The summed E-state index contributed by atoms with van der Waals surface area (Å²) in [6, 6.07) is 14.4. The van der Waals surface area contributed by atoms with Gasteiger partial charge in [0.05, 0.1) is 11.3 Å². The van der Waals surface area contributed by atoms with E-state index in [2.05, 4.69) is 11.9 Å². The van der Waals surface area contributed by atoms with E-state index in [0.29, 0.717) is 16.9 Å². The first-order valence-electron chi connectivity index (χ1n) is 9.22. The number of hydrogen-bond donors (Lipinski definition) is 1. The molecule has 6 nitrogen and oxygen atoms in total. The Balaban J connectivity index is 1.85. The van der Waals surface area contributed by atoms with Crippen molar-refractivity contribution in [3.05, 3.63) is 72.3 Å². The van der Waals surface area contributed by atoms with Gasteiger partial charge in [-0.1, -0.05) is 30.3 Å². The van der Waals surface area contributed by atoms with Crippen LogP contribution in [0.4, 0.5) is 11.4 Å². The smallest absolute Gasteiger partial charge is 0.271 e. The van der Waals surface area contributed by atoms with Crippen LogP contribution in [-0.2, 0) is 9.59 Å². The molecule has 2 aliphatic heterocycles. The average Bonchev–Trinajstić information content (AvgIpc) is 3.04. The summed E-state index contributed by atoms with van der Waals surface area (Å²) in [5.41, 5.74) is 1.12. The molecule has 0 aromatic heterocycles. The molecule has 0 radical (unpaired) electrons. The summed E-state index contributed by atoms with van der Waals surface area (Å²) < 4.78 is 0. The number of carbonyl (C=O) groups excluding carboxylic acids is 3. The second-order valence-corrected chi connectivity index (χ2v) is 7.09. The number of aryl methyl sites for hydroxylation is 1. The highest BCUT2D eigenvalue weighted by molar-refractivity contribution is 6.18. The van der Waals surface area contributed by atoms with Gasteiger partial charge in [-0.05, 0) is 36.8 Å². The predicted octanol–water partition coefficient (Wildman–Crippen LogP) is 3.10. The minimum Gasteiger partial charge on any atom is -0.322 e. The standard InChI is InChI=1S/C22H21N3O3/c1-3-13-24-20(27)17-9-4-5-10-18(17)25-19(26)11-12-22(24,25)21(28)23-16-8-6-7-15(2)14-16/h3-10,14H,1,11-13H2,2H3,(H,23,28)/t22-/m0/s1. The van der Waals surface area contributed by atoms with Gasteiger partial charge in [-0.2, -0.15) is 0 Å². The maximum atomic E-state index is 13.5. The fraction of sp³-hybridized carbons (Fsp3) is 0.227. The summed E-state index contributed by atoms with van der Waals surface area (Å²) >= 11 is 0. The lowest BCUT2D eigenvalue weighted by molar-refractivity contribution is -0.128. The Kier molecular flexibility index (Phi) is 4.26. The van der Waals surface area contributed by atoms with E-state index >= 15 is 0 Å². The van der Waals surface area contributed by atoms with Gasteiger partial charge in [0.1, 0.15) is 0 Å². The largest absolute Gasteiger partial charge is 0.322 e. The molecule has 0 unspecified atom stereocenters. The zero-order chi connectivity index (χ0) is 19.9. The van der Waals surface area contributed by atoms with Crippen LogP contribution in [0.3, 0.4) is 0 Å². The highest BCUT2D eigenvalue weighted by Crippen LogP contribution is 2.44. The number of para-hydroxylation sites is 1. The topological polar surface area (TPSA) is 69.7 Å². The Morgan fingerprint density at radius 2 is 2.00 bits per heavy atom. The molecule has 6 heteroatoms. The first-order valence-corrected chi connectivity index (χ1v) is 9.22. The molecule has 142 valence electrons. The van der Waals surface area contributed by atoms with Crippen LogP contribution in [0.5, 0.6) is 0 Å². The van der Waals surface area contributed by atoms with Crippen molar-refractivity contribution in [1.29, 1.82) is 0 Å². The molecule has 3 amide bonds. The first kappa shape index (κ1) is 18.0. The molecule has 2 aromatic rings. The normalized spacial score (nSPS) is 20.6. The predicted molar refractivity (Wildman–Crippen MR) is 107 cm³/mol. The van der Waals surface area contributed by atoms with E-state index < -0.39 is 11.6 Å². The van der Waals surface area contributed by atoms with Gasteiger partial charge in [-0.15, -0.1) is 6.58 Å². The fourth-order valence-electron chi connectivity index (χ4n) is 4.12. The number of amides is 3. The van der Waals surface area contributed by atoms with Crippen LogP contribution in [0.2, 0.25) is 0 Å². The third-order valence-electron chi connectivity index (χ3n) is 5.33. The maximum absolute atomic E-state index is 13.5. The Hall–Kier alpha value is -3.41. The average molecular weight is 375 g/mol. The molecule has 2 aliphatic rings. The summed E-state index contributed by atoms with van der Waals surface area (Å²) in [5.74, 6) is -0.845. The van der Waals surface area contributed by atoms with Crippen molar-refractivity contribution in [1.82, 2.24) is 4.90 Å². The number of nitrogens with zero attached hydrogens (tertiary/aromatic N) is 2. The third-order valence-corrected chi connectivity index (χ3v) is 5.33. The molecular weight excluding hydrogens is 354 g/mol.